The van der Waals surface area contributed by atoms with Gasteiger partial charge in [-0.25, -0.2) is 27.2 Å². The topological polar surface area (TPSA) is 129 Å². The highest BCUT2D eigenvalue weighted by atomic mass is 32.2. The number of hydrogen-bond donors (Lipinski definition) is 3. The van der Waals surface area contributed by atoms with Gasteiger partial charge in [-0.1, -0.05) is 12.1 Å². The summed E-state index contributed by atoms with van der Waals surface area (Å²) in [5.41, 5.74) is 3.73. The molecule has 240 valence electrons. The average molecular weight is 649 g/mol. The Morgan fingerprint density at radius 1 is 0.957 bits per heavy atom. The van der Waals surface area contributed by atoms with Crippen molar-refractivity contribution in [3.05, 3.63) is 97.0 Å². The Hall–Kier alpha value is -4.88. The summed E-state index contributed by atoms with van der Waals surface area (Å²) in [5.74, 6) is -0.985. The molecule has 3 aromatic carbocycles. The molecule has 6 rings (SSSR count). The first-order valence-corrected chi connectivity index (χ1v) is 16.2. The standard InChI is InChI=1S/C32H32F2N6O2S.CH2O2/c1-39-15-11-22(12-16-39)13-17-40-18-14-24-19-23(5-10-30(24)40)29-20-31(36-21-35-29)37-25-6-8-26(9-7-25)38-43(41,42)32-27(33)3-2-4-28(32)34;2-1-3/h2-10,14,18-22,38H,11-13,15-17H2,1H3,(H,35,36,37);1H,(H,2,3). The van der Waals surface area contributed by atoms with Crippen molar-refractivity contribution in [3.8, 4) is 11.3 Å². The van der Waals surface area contributed by atoms with E-state index in [1.54, 1.807) is 12.1 Å². The Kier molecular flexibility index (Phi) is 10.2. The second-order valence-corrected chi connectivity index (χ2v) is 12.7. The van der Waals surface area contributed by atoms with Crippen LogP contribution >= 0.6 is 0 Å². The third kappa shape index (κ3) is 7.85. The van der Waals surface area contributed by atoms with Crippen molar-refractivity contribution in [1.29, 1.82) is 0 Å². The molecule has 1 saturated heterocycles. The van der Waals surface area contributed by atoms with E-state index in [0.29, 0.717) is 11.5 Å². The van der Waals surface area contributed by atoms with Crippen LogP contribution in [0.3, 0.4) is 0 Å². The lowest BCUT2D eigenvalue weighted by Gasteiger charge is -2.29. The zero-order valence-electron chi connectivity index (χ0n) is 25.1. The SMILES string of the molecule is CN1CCC(CCn2ccc3cc(-c4cc(Nc5ccc(NS(=O)(=O)c6c(F)cccc6F)cc5)ncn4)ccc32)CC1.O=CO. The molecule has 3 N–H and O–H groups in total. The van der Waals surface area contributed by atoms with Crippen molar-refractivity contribution < 1.29 is 27.1 Å². The normalized spacial score (nSPS) is 14.0. The molecular weight excluding hydrogens is 614 g/mol. The highest BCUT2D eigenvalue weighted by Crippen LogP contribution is 2.28. The van der Waals surface area contributed by atoms with Gasteiger partial charge in [0.1, 0.15) is 23.8 Å². The van der Waals surface area contributed by atoms with Crippen LogP contribution in [0.4, 0.5) is 26.0 Å². The lowest BCUT2D eigenvalue weighted by atomic mass is 9.94. The van der Waals surface area contributed by atoms with Crippen molar-refractivity contribution in [2.45, 2.75) is 30.7 Å². The number of nitrogens with one attached hydrogen (secondary N) is 2. The molecule has 1 aliphatic rings. The molecule has 0 unspecified atom stereocenters. The number of aryl methyl sites for hydroxylation is 1. The molecule has 0 spiro atoms. The highest BCUT2D eigenvalue weighted by molar-refractivity contribution is 7.92. The summed E-state index contributed by atoms with van der Waals surface area (Å²) in [7, 11) is -2.26. The predicted octanol–water partition coefficient (Wildman–Crippen LogP) is 6.35. The van der Waals surface area contributed by atoms with Crippen LogP contribution in [0.1, 0.15) is 19.3 Å². The van der Waals surface area contributed by atoms with Gasteiger partial charge >= 0.3 is 0 Å². The van der Waals surface area contributed by atoms with E-state index in [-0.39, 0.29) is 12.2 Å². The van der Waals surface area contributed by atoms with Crippen molar-refractivity contribution >= 4 is 44.6 Å². The number of benzene rings is 3. The van der Waals surface area contributed by atoms with E-state index in [4.69, 9.17) is 9.90 Å². The van der Waals surface area contributed by atoms with Crippen molar-refractivity contribution in [3.63, 3.8) is 0 Å². The summed E-state index contributed by atoms with van der Waals surface area (Å²) in [6.07, 6.45) is 7.37. The smallest absolute Gasteiger partial charge is 0.290 e. The third-order valence-corrected chi connectivity index (χ3v) is 9.38. The van der Waals surface area contributed by atoms with Crippen molar-refractivity contribution in [2.75, 3.05) is 30.2 Å². The molecule has 1 aliphatic heterocycles. The van der Waals surface area contributed by atoms with Gasteiger partial charge in [-0.2, -0.15) is 0 Å². The summed E-state index contributed by atoms with van der Waals surface area (Å²) in [6.45, 7) is 3.13. The number of sulfonamides is 1. The monoisotopic (exact) mass is 648 g/mol. The molecule has 0 aliphatic carbocycles. The maximum Gasteiger partial charge on any atom is 0.290 e. The number of fused-ring (bicyclic) bond motifs is 1. The van der Waals surface area contributed by atoms with Gasteiger partial charge in [0.05, 0.1) is 5.69 Å². The zero-order chi connectivity index (χ0) is 32.7. The third-order valence-electron chi connectivity index (χ3n) is 7.95. The summed E-state index contributed by atoms with van der Waals surface area (Å²) >= 11 is 0. The summed E-state index contributed by atoms with van der Waals surface area (Å²) in [5, 5.41) is 11.2. The number of halogens is 2. The second kappa shape index (κ2) is 14.5. The number of hydrogen-bond acceptors (Lipinski definition) is 7. The van der Waals surface area contributed by atoms with Gasteiger partial charge in [0.25, 0.3) is 16.5 Å². The number of carbonyl (C=O) groups is 1. The minimum atomic E-state index is -4.45. The fourth-order valence-electron chi connectivity index (χ4n) is 5.53. The summed E-state index contributed by atoms with van der Waals surface area (Å²) in [6, 6.07) is 19.5. The molecule has 0 bridgehead atoms. The van der Waals surface area contributed by atoms with E-state index in [2.05, 4.69) is 67.0 Å². The Labute approximate surface area is 265 Å². The minimum Gasteiger partial charge on any atom is -0.483 e. The molecule has 46 heavy (non-hydrogen) atoms. The van der Waals surface area contributed by atoms with Gasteiger partial charge in [0, 0.05) is 46.6 Å². The maximum absolute atomic E-state index is 14.0. The van der Waals surface area contributed by atoms with Crippen LogP contribution < -0.4 is 10.0 Å². The Balaban J connectivity index is 0.00000134. The van der Waals surface area contributed by atoms with E-state index in [1.165, 1.54) is 56.3 Å². The lowest BCUT2D eigenvalue weighted by Crippen LogP contribution is -2.30. The van der Waals surface area contributed by atoms with Crippen LogP contribution in [0.25, 0.3) is 22.2 Å². The minimum absolute atomic E-state index is 0.156. The maximum atomic E-state index is 14.0. The number of nitrogens with zero attached hydrogens (tertiary/aromatic N) is 4. The van der Waals surface area contributed by atoms with E-state index in [0.717, 1.165) is 47.3 Å². The van der Waals surface area contributed by atoms with Gasteiger partial charge in [-0.15, -0.1) is 0 Å². The highest BCUT2D eigenvalue weighted by Gasteiger charge is 2.24. The molecule has 5 aromatic rings. The number of piperidine rings is 1. The van der Waals surface area contributed by atoms with E-state index >= 15 is 0 Å². The van der Waals surface area contributed by atoms with Gasteiger partial charge in [0.15, 0.2) is 4.90 Å². The van der Waals surface area contributed by atoms with E-state index < -0.39 is 26.6 Å². The average Bonchev–Trinajstić information content (AvgIpc) is 3.44. The molecule has 0 atom stereocenters. The largest absolute Gasteiger partial charge is 0.483 e. The molecule has 0 saturated carbocycles. The van der Waals surface area contributed by atoms with Gasteiger partial charge in [0.2, 0.25) is 0 Å². The van der Waals surface area contributed by atoms with Gasteiger partial charge < -0.3 is 19.9 Å². The molecule has 0 radical (unpaired) electrons. The lowest BCUT2D eigenvalue weighted by molar-refractivity contribution is -0.122. The van der Waals surface area contributed by atoms with Crippen molar-refractivity contribution in [1.82, 2.24) is 19.4 Å². The van der Waals surface area contributed by atoms with Crippen molar-refractivity contribution in [2.24, 2.45) is 5.92 Å². The fourth-order valence-corrected chi connectivity index (χ4v) is 6.72. The molecule has 3 heterocycles. The predicted molar refractivity (Wildman–Crippen MR) is 173 cm³/mol. The van der Waals surface area contributed by atoms with Gasteiger partial charge in [-0.3, -0.25) is 9.52 Å². The molecule has 2 aromatic heterocycles. The van der Waals surface area contributed by atoms with E-state index in [1.807, 2.05) is 6.07 Å². The molecule has 10 nitrogen and oxygen atoms in total. The Bertz CT molecular complexity index is 1890. The number of carboxylic acid groups (broad SMARTS) is 1. The second-order valence-electron chi connectivity index (χ2n) is 11.1. The van der Waals surface area contributed by atoms with Crippen LogP contribution in [-0.4, -0.2) is 59.6 Å². The quantitative estimate of drug-likeness (QED) is 0.158. The van der Waals surface area contributed by atoms with Crippen LogP contribution in [-0.2, 0) is 21.4 Å². The van der Waals surface area contributed by atoms with Crippen LogP contribution in [0.5, 0.6) is 0 Å². The first-order chi connectivity index (χ1) is 22.2. The van der Waals surface area contributed by atoms with E-state index in [9.17, 15) is 17.2 Å². The summed E-state index contributed by atoms with van der Waals surface area (Å²) in [4.78, 5) is 18.5. The van der Waals surface area contributed by atoms with Gasteiger partial charge in [-0.05, 0) is 99.9 Å². The molecular formula is C33H34F2N6O4S. The van der Waals surface area contributed by atoms with Crippen LogP contribution in [0.2, 0.25) is 0 Å². The zero-order valence-corrected chi connectivity index (χ0v) is 25.9. The fraction of sp³-hybridized carbons (Fsp3) is 0.242. The Morgan fingerprint density at radius 2 is 1.63 bits per heavy atom. The molecule has 0 amide bonds. The molecule has 13 heteroatoms. The number of anilines is 3. The first kappa shape index (κ1) is 32.5. The Morgan fingerprint density at radius 3 is 2.33 bits per heavy atom. The number of likely N-dealkylation sites (tertiary alicyclic amines) is 1. The number of rotatable bonds is 9. The number of aromatic nitrogens is 3. The van der Waals surface area contributed by atoms with Crippen LogP contribution in [0, 0.1) is 17.6 Å². The first-order valence-electron chi connectivity index (χ1n) is 14.7. The van der Waals surface area contributed by atoms with Crippen LogP contribution in [0.15, 0.2) is 90.2 Å². The summed E-state index contributed by atoms with van der Waals surface area (Å²) < 4.78 is 57.7. The molecule has 1 fully saturated rings.